The SMILES string of the molecule is Cc1cc(CC(NC(=O)CCC(C)C(=O)O)C(=O)NC(Cc2ccccc2)C(=O)NC(CCCCNC(=O)CCCCCCC=O)C(=O)O)ccc1O. The molecule has 2 aromatic carbocycles. The number of carboxylic acid groups (broad SMARTS) is 2. The molecule has 0 saturated heterocycles. The van der Waals surface area contributed by atoms with Crippen molar-refractivity contribution in [2.45, 2.75) is 115 Å². The van der Waals surface area contributed by atoms with E-state index in [1.807, 2.05) is 0 Å². The second-order valence-electron chi connectivity index (χ2n) is 13.3. The summed E-state index contributed by atoms with van der Waals surface area (Å²) in [4.78, 5) is 86.3. The molecule has 14 nitrogen and oxygen atoms in total. The molecule has 0 aliphatic heterocycles. The number of hydrogen-bond donors (Lipinski definition) is 7. The molecule has 2 aromatic rings. The average Bonchev–Trinajstić information content (AvgIpc) is 3.12. The molecular weight excluding hydrogens is 684 g/mol. The molecule has 0 aromatic heterocycles. The summed E-state index contributed by atoms with van der Waals surface area (Å²) in [7, 11) is 0. The van der Waals surface area contributed by atoms with Gasteiger partial charge >= 0.3 is 11.9 Å². The van der Waals surface area contributed by atoms with Crippen molar-refractivity contribution in [2.24, 2.45) is 5.92 Å². The lowest BCUT2D eigenvalue weighted by molar-refractivity contribution is -0.143. The molecule has 2 rings (SSSR count). The van der Waals surface area contributed by atoms with Gasteiger partial charge in [0.25, 0.3) is 0 Å². The van der Waals surface area contributed by atoms with E-state index in [2.05, 4.69) is 21.3 Å². The highest BCUT2D eigenvalue weighted by Gasteiger charge is 2.30. The first kappa shape index (κ1) is 43.9. The van der Waals surface area contributed by atoms with Crippen LogP contribution in [-0.2, 0) is 46.4 Å². The molecule has 0 heterocycles. The third kappa shape index (κ3) is 17.7. The highest BCUT2D eigenvalue weighted by Crippen LogP contribution is 2.18. The highest BCUT2D eigenvalue weighted by molar-refractivity contribution is 5.93. The molecule has 0 radical (unpaired) electrons. The summed E-state index contributed by atoms with van der Waals surface area (Å²) < 4.78 is 0. The fourth-order valence-corrected chi connectivity index (χ4v) is 5.54. The van der Waals surface area contributed by atoms with Gasteiger partial charge in [-0.25, -0.2) is 4.79 Å². The summed E-state index contributed by atoms with van der Waals surface area (Å²) in [5.74, 6) is -5.17. The number of aryl methyl sites for hydroxylation is 1. The number of hydrogen-bond acceptors (Lipinski definition) is 8. The van der Waals surface area contributed by atoms with Crippen molar-refractivity contribution < 1.29 is 48.9 Å². The first-order chi connectivity index (χ1) is 25.3. The van der Waals surface area contributed by atoms with Gasteiger partial charge in [-0.2, -0.15) is 0 Å². The number of rotatable bonds is 26. The molecule has 4 amide bonds. The van der Waals surface area contributed by atoms with Crippen molar-refractivity contribution in [3.05, 3.63) is 65.2 Å². The zero-order chi connectivity index (χ0) is 39.2. The Hall–Kier alpha value is -5.27. The maximum atomic E-state index is 13.8. The van der Waals surface area contributed by atoms with Gasteiger partial charge in [0.2, 0.25) is 23.6 Å². The number of amides is 4. The minimum atomic E-state index is -1.27. The number of carbonyl (C=O) groups is 7. The molecule has 7 N–H and O–H groups in total. The summed E-state index contributed by atoms with van der Waals surface area (Å²) in [5.41, 5.74) is 1.84. The highest BCUT2D eigenvalue weighted by atomic mass is 16.4. The van der Waals surface area contributed by atoms with Crippen molar-refractivity contribution >= 4 is 41.9 Å². The van der Waals surface area contributed by atoms with Gasteiger partial charge in [0.1, 0.15) is 30.2 Å². The normalized spacial score (nSPS) is 13.1. The maximum absolute atomic E-state index is 13.8. The molecule has 53 heavy (non-hydrogen) atoms. The smallest absolute Gasteiger partial charge is 0.326 e. The number of nitrogens with one attached hydrogen (secondary N) is 4. The summed E-state index contributed by atoms with van der Waals surface area (Å²) in [6.07, 6.45) is 5.87. The van der Waals surface area contributed by atoms with Gasteiger partial charge in [-0.15, -0.1) is 0 Å². The second-order valence-corrected chi connectivity index (χ2v) is 13.3. The monoisotopic (exact) mass is 738 g/mol. The van der Waals surface area contributed by atoms with Crippen molar-refractivity contribution in [3.63, 3.8) is 0 Å². The molecule has 0 aliphatic rings. The Bertz CT molecular complexity index is 1520. The summed E-state index contributed by atoms with van der Waals surface area (Å²) in [6.45, 7) is 3.50. The van der Waals surface area contributed by atoms with E-state index in [1.54, 1.807) is 49.4 Å². The first-order valence-electron chi connectivity index (χ1n) is 18.2. The van der Waals surface area contributed by atoms with E-state index in [4.69, 9.17) is 0 Å². The lowest BCUT2D eigenvalue weighted by atomic mass is 10.00. The van der Waals surface area contributed by atoms with Crippen molar-refractivity contribution in [1.82, 2.24) is 21.3 Å². The molecule has 4 unspecified atom stereocenters. The van der Waals surface area contributed by atoms with Gasteiger partial charge < -0.3 is 41.4 Å². The molecule has 0 spiro atoms. The van der Waals surface area contributed by atoms with E-state index in [0.717, 1.165) is 25.5 Å². The van der Waals surface area contributed by atoms with Crippen LogP contribution in [-0.4, -0.2) is 81.8 Å². The molecule has 0 bridgehead atoms. The third-order valence-electron chi connectivity index (χ3n) is 8.83. The van der Waals surface area contributed by atoms with Crippen LogP contribution in [0.5, 0.6) is 5.75 Å². The number of aliphatic carboxylic acids is 2. The first-order valence-corrected chi connectivity index (χ1v) is 18.2. The Morgan fingerprint density at radius 3 is 1.96 bits per heavy atom. The second kappa shape index (κ2) is 24.1. The number of carboxylic acids is 2. The fraction of sp³-hybridized carbons (Fsp3) is 0.513. The average molecular weight is 739 g/mol. The van der Waals surface area contributed by atoms with Gasteiger partial charge in [0, 0.05) is 38.6 Å². The topological polar surface area (TPSA) is 228 Å². The minimum absolute atomic E-state index is 0.0114. The van der Waals surface area contributed by atoms with Crippen molar-refractivity contribution in [3.8, 4) is 5.75 Å². The molecule has 0 aliphatic carbocycles. The number of phenols is 1. The van der Waals surface area contributed by atoms with Crippen LogP contribution in [0.3, 0.4) is 0 Å². The van der Waals surface area contributed by atoms with Crippen LogP contribution < -0.4 is 21.3 Å². The van der Waals surface area contributed by atoms with Crippen LogP contribution in [0.1, 0.15) is 94.2 Å². The van der Waals surface area contributed by atoms with Crippen LogP contribution in [0, 0.1) is 12.8 Å². The standard InChI is InChI=1S/C39H54N4O10/c1-26(38(50)51)17-20-35(47)41-31(25-29-18-19-33(45)27(2)23-29)36(48)43-32(24-28-13-7-6-8-14-28)37(49)42-30(39(52)53)15-10-11-21-40-34(46)16-9-4-3-5-12-22-44/h6-8,13-14,18-19,22-23,26,30-32,45H,3-5,9-12,15-17,20-21,24-25H2,1-2H3,(H,40,46)(H,41,47)(H,42,49)(H,43,48)(H,50,51)(H,52,53). The molecular formula is C39H54N4O10. The summed E-state index contributed by atoms with van der Waals surface area (Å²) in [6, 6.07) is 9.84. The van der Waals surface area contributed by atoms with E-state index in [0.29, 0.717) is 55.3 Å². The Morgan fingerprint density at radius 1 is 0.679 bits per heavy atom. The fourth-order valence-electron chi connectivity index (χ4n) is 5.54. The lowest BCUT2D eigenvalue weighted by Gasteiger charge is -2.25. The van der Waals surface area contributed by atoms with Gasteiger partial charge in [-0.1, -0.05) is 62.2 Å². The Labute approximate surface area is 310 Å². The van der Waals surface area contributed by atoms with E-state index < -0.39 is 53.7 Å². The zero-order valence-corrected chi connectivity index (χ0v) is 30.6. The number of aromatic hydroxyl groups is 1. The number of benzene rings is 2. The molecule has 0 fully saturated rings. The van der Waals surface area contributed by atoms with E-state index in [9.17, 15) is 48.9 Å². The van der Waals surface area contributed by atoms with Crippen molar-refractivity contribution in [1.29, 1.82) is 0 Å². The van der Waals surface area contributed by atoms with Crippen LogP contribution in [0.15, 0.2) is 48.5 Å². The van der Waals surface area contributed by atoms with Crippen LogP contribution in [0.4, 0.5) is 0 Å². The quantitative estimate of drug-likeness (QED) is 0.0550. The van der Waals surface area contributed by atoms with Gasteiger partial charge in [0.05, 0.1) is 5.92 Å². The number of unbranched alkanes of at least 4 members (excludes halogenated alkanes) is 5. The predicted octanol–water partition coefficient (Wildman–Crippen LogP) is 3.35. The number of carbonyl (C=O) groups excluding carboxylic acids is 5. The largest absolute Gasteiger partial charge is 0.508 e. The molecule has 4 atom stereocenters. The predicted molar refractivity (Wildman–Crippen MR) is 197 cm³/mol. The van der Waals surface area contributed by atoms with Crippen LogP contribution in [0.2, 0.25) is 0 Å². The number of phenolic OH excluding ortho intramolecular Hbond substituents is 1. The summed E-state index contributed by atoms with van der Waals surface area (Å²) in [5, 5.41) is 39.8. The number of aldehydes is 1. The molecule has 0 saturated carbocycles. The molecule has 290 valence electrons. The summed E-state index contributed by atoms with van der Waals surface area (Å²) >= 11 is 0. The zero-order valence-electron chi connectivity index (χ0n) is 30.6. The van der Waals surface area contributed by atoms with Gasteiger partial charge in [0.15, 0.2) is 0 Å². The minimum Gasteiger partial charge on any atom is -0.508 e. The lowest BCUT2D eigenvalue weighted by Crippen LogP contribution is -2.57. The Balaban J connectivity index is 2.11. The van der Waals surface area contributed by atoms with Crippen molar-refractivity contribution in [2.75, 3.05) is 6.54 Å². The Morgan fingerprint density at radius 2 is 1.32 bits per heavy atom. The maximum Gasteiger partial charge on any atom is 0.326 e. The van der Waals surface area contributed by atoms with Gasteiger partial charge in [-0.05, 0) is 68.2 Å². The van der Waals surface area contributed by atoms with Crippen LogP contribution >= 0.6 is 0 Å². The molecule has 14 heteroatoms. The van der Waals surface area contributed by atoms with Crippen LogP contribution in [0.25, 0.3) is 0 Å². The van der Waals surface area contributed by atoms with E-state index in [-0.39, 0.29) is 43.8 Å². The van der Waals surface area contributed by atoms with E-state index in [1.165, 1.54) is 13.0 Å². The third-order valence-corrected chi connectivity index (χ3v) is 8.83. The Kier molecular flexibility index (Phi) is 19.9. The van der Waals surface area contributed by atoms with E-state index >= 15 is 0 Å². The van der Waals surface area contributed by atoms with Gasteiger partial charge in [-0.3, -0.25) is 24.0 Å².